The number of rotatable bonds is 7. The van der Waals surface area contributed by atoms with Crippen molar-refractivity contribution >= 4 is 29.4 Å². The van der Waals surface area contributed by atoms with Gasteiger partial charge in [-0.15, -0.1) is 0 Å². The first kappa shape index (κ1) is 27.6. The highest BCUT2D eigenvalue weighted by Gasteiger charge is 2.33. The topological polar surface area (TPSA) is 105 Å². The molecule has 1 aliphatic heterocycles. The third kappa shape index (κ3) is 5.68. The zero-order valence-electron chi connectivity index (χ0n) is 22.7. The molecule has 4 aromatic rings. The summed E-state index contributed by atoms with van der Waals surface area (Å²) in [6.07, 6.45) is 1.76. The van der Waals surface area contributed by atoms with E-state index in [-0.39, 0.29) is 22.6 Å². The Labute approximate surface area is 239 Å². The van der Waals surface area contributed by atoms with E-state index in [1.807, 2.05) is 54.6 Å². The van der Waals surface area contributed by atoms with Gasteiger partial charge in [-0.1, -0.05) is 47.7 Å². The number of carbonyl (C=O) groups excluding carboxylic acids is 2. The molecule has 3 aromatic carbocycles. The van der Waals surface area contributed by atoms with E-state index >= 15 is 0 Å². The summed E-state index contributed by atoms with van der Waals surface area (Å²) in [5, 5.41) is 0. The van der Waals surface area contributed by atoms with Crippen molar-refractivity contribution in [3.8, 4) is 23.0 Å². The van der Waals surface area contributed by atoms with Crippen LogP contribution in [0.4, 0.5) is 0 Å². The van der Waals surface area contributed by atoms with Gasteiger partial charge in [0, 0.05) is 6.92 Å². The molecule has 0 N–H and O–H groups in total. The van der Waals surface area contributed by atoms with Crippen LogP contribution >= 0.6 is 11.3 Å². The number of allylic oxidation sites excluding steroid dienone is 1. The number of nitrogens with zero attached hydrogens (tertiary/aromatic N) is 2. The average molecular weight is 571 g/mol. The highest BCUT2D eigenvalue weighted by atomic mass is 32.1. The van der Waals surface area contributed by atoms with Gasteiger partial charge in [0.05, 0.1) is 36.1 Å². The number of ether oxygens (including phenoxy) is 4. The summed E-state index contributed by atoms with van der Waals surface area (Å²) in [6.45, 7) is 2.99. The first-order valence-corrected chi connectivity index (χ1v) is 13.4. The van der Waals surface area contributed by atoms with Crippen LogP contribution < -0.4 is 29.1 Å². The van der Waals surface area contributed by atoms with E-state index in [1.54, 1.807) is 31.2 Å². The van der Waals surface area contributed by atoms with E-state index in [1.165, 1.54) is 37.0 Å². The van der Waals surface area contributed by atoms with E-state index in [4.69, 9.17) is 18.9 Å². The molecule has 41 heavy (non-hydrogen) atoms. The zero-order chi connectivity index (χ0) is 29.1. The Balaban J connectivity index is 1.63. The number of benzene rings is 3. The Bertz CT molecular complexity index is 1860. The van der Waals surface area contributed by atoms with Gasteiger partial charge in [-0.05, 0) is 60.5 Å². The summed E-state index contributed by atoms with van der Waals surface area (Å²) in [6, 6.07) is 20.8. The lowest BCUT2D eigenvalue weighted by Crippen LogP contribution is -2.39. The molecule has 0 fully saturated rings. The highest BCUT2D eigenvalue weighted by Crippen LogP contribution is 2.36. The van der Waals surface area contributed by atoms with Crippen molar-refractivity contribution in [1.82, 2.24) is 4.57 Å². The molecule has 0 bridgehead atoms. The number of methoxy groups -OCH3 is 2. The largest absolute Gasteiger partial charge is 0.493 e. The maximum Gasteiger partial charge on any atom is 0.338 e. The van der Waals surface area contributed by atoms with Crippen LogP contribution in [-0.2, 0) is 14.3 Å². The van der Waals surface area contributed by atoms with Crippen molar-refractivity contribution in [3.05, 3.63) is 115 Å². The van der Waals surface area contributed by atoms with Crippen LogP contribution in [-0.4, -0.2) is 30.7 Å². The van der Waals surface area contributed by atoms with Crippen LogP contribution in [0.25, 0.3) is 6.08 Å². The second-order valence-corrected chi connectivity index (χ2v) is 10.1. The van der Waals surface area contributed by atoms with Crippen LogP contribution in [0.3, 0.4) is 0 Å². The summed E-state index contributed by atoms with van der Waals surface area (Å²) >= 11 is 1.21. The summed E-state index contributed by atoms with van der Waals surface area (Å²) in [5.74, 6) is 0.694. The number of aromatic nitrogens is 1. The SMILES string of the molecule is COC(=O)C1=C(C)N=c2sc(=Cc3cccc(Oc4ccccc4)c3)c(=O)n2C1c1ccc(OC(C)=O)c(OC)c1. The first-order valence-electron chi connectivity index (χ1n) is 12.6. The summed E-state index contributed by atoms with van der Waals surface area (Å²) in [4.78, 5) is 43.4. The second kappa shape index (κ2) is 11.6. The van der Waals surface area contributed by atoms with Gasteiger partial charge in [-0.25, -0.2) is 9.79 Å². The molecule has 9 nitrogen and oxygen atoms in total. The fraction of sp³-hybridized carbons (Fsp3) is 0.161. The lowest BCUT2D eigenvalue weighted by atomic mass is 9.95. The molecule has 0 aliphatic carbocycles. The average Bonchev–Trinajstić information content (AvgIpc) is 3.26. The van der Waals surface area contributed by atoms with Gasteiger partial charge in [-0.2, -0.15) is 0 Å². The summed E-state index contributed by atoms with van der Waals surface area (Å²) in [5.41, 5.74) is 1.63. The second-order valence-electron chi connectivity index (χ2n) is 9.06. The number of fused-ring (bicyclic) bond motifs is 1. The number of hydrogen-bond acceptors (Lipinski definition) is 9. The Morgan fingerprint density at radius 2 is 1.71 bits per heavy atom. The highest BCUT2D eigenvalue weighted by molar-refractivity contribution is 7.07. The zero-order valence-corrected chi connectivity index (χ0v) is 23.6. The number of hydrogen-bond donors (Lipinski definition) is 0. The van der Waals surface area contributed by atoms with Gasteiger partial charge in [0.15, 0.2) is 16.3 Å². The molecular formula is C31H26N2O7S. The van der Waals surface area contributed by atoms with E-state index < -0.39 is 18.0 Å². The fourth-order valence-electron chi connectivity index (χ4n) is 4.55. The Hall–Kier alpha value is -4.96. The molecule has 0 amide bonds. The number of thiazole rings is 1. The Morgan fingerprint density at radius 3 is 2.41 bits per heavy atom. The van der Waals surface area contributed by atoms with Gasteiger partial charge in [-0.3, -0.25) is 14.2 Å². The summed E-state index contributed by atoms with van der Waals surface area (Å²) < 4.78 is 23.6. The van der Waals surface area contributed by atoms with E-state index in [2.05, 4.69) is 4.99 Å². The maximum atomic E-state index is 13.9. The molecule has 0 saturated heterocycles. The number of carbonyl (C=O) groups is 2. The predicted octanol–water partition coefficient (Wildman–Crippen LogP) is 4.13. The lowest BCUT2D eigenvalue weighted by molar-refractivity contribution is -0.136. The number of para-hydroxylation sites is 1. The Morgan fingerprint density at radius 1 is 0.951 bits per heavy atom. The van der Waals surface area contributed by atoms with Gasteiger partial charge in [0.25, 0.3) is 5.56 Å². The molecular weight excluding hydrogens is 544 g/mol. The molecule has 2 heterocycles. The molecule has 5 rings (SSSR count). The third-order valence-electron chi connectivity index (χ3n) is 6.32. The lowest BCUT2D eigenvalue weighted by Gasteiger charge is -2.25. The third-order valence-corrected chi connectivity index (χ3v) is 7.30. The van der Waals surface area contributed by atoms with Gasteiger partial charge in [0.2, 0.25) is 0 Å². The minimum Gasteiger partial charge on any atom is -0.493 e. The van der Waals surface area contributed by atoms with E-state index in [0.717, 1.165) is 5.56 Å². The maximum absolute atomic E-state index is 13.9. The van der Waals surface area contributed by atoms with Gasteiger partial charge in [0.1, 0.15) is 11.5 Å². The predicted molar refractivity (Wildman–Crippen MR) is 153 cm³/mol. The molecule has 1 aromatic heterocycles. The van der Waals surface area contributed by atoms with Gasteiger partial charge >= 0.3 is 11.9 Å². The minimum absolute atomic E-state index is 0.215. The molecule has 10 heteroatoms. The van der Waals surface area contributed by atoms with Crippen LogP contribution in [0.5, 0.6) is 23.0 Å². The molecule has 0 saturated carbocycles. The van der Waals surface area contributed by atoms with Crippen molar-refractivity contribution in [1.29, 1.82) is 0 Å². The monoisotopic (exact) mass is 570 g/mol. The first-order chi connectivity index (χ1) is 19.8. The molecule has 1 atom stereocenters. The Kier molecular flexibility index (Phi) is 7.84. The standard InChI is InChI=1S/C31H26N2O7S/c1-18-27(30(36)38-4)28(21-13-14-24(39-19(2)34)25(17-21)37-3)33-29(35)26(41-31(33)32-18)16-20-9-8-12-23(15-20)40-22-10-6-5-7-11-22/h5-17,28H,1-4H3. The molecule has 0 radical (unpaired) electrons. The molecule has 208 valence electrons. The molecule has 0 spiro atoms. The summed E-state index contributed by atoms with van der Waals surface area (Å²) in [7, 11) is 2.72. The molecule has 1 unspecified atom stereocenters. The van der Waals surface area contributed by atoms with Crippen molar-refractivity contribution in [2.75, 3.05) is 14.2 Å². The normalized spacial score (nSPS) is 14.6. The quantitative estimate of drug-likeness (QED) is 0.243. The van der Waals surface area contributed by atoms with E-state index in [0.29, 0.717) is 32.1 Å². The van der Waals surface area contributed by atoms with Crippen LogP contribution in [0.1, 0.15) is 31.0 Å². The van der Waals surface area contributed by atoms with Crippen molar-refractivity contribution in [2.24, 2.45) is 4.99 Å². The van der Waals surface area contributed by atoms with Crippen LogP contribution in [0.2, 0.25) is 0 Å². The minimum atomic E-state index is -0.853. The smallest absolute Gasteiger partial charge is 0.338 e. The number of esters is 2. The molecule has 1 aliphatic rings. The fourth-order valence-corrected chi connectivity index (χ4v) is 5.59. The van der Waals surface area contributed by atoms with Crippen LogP contribution in [0.15, 0.2) is 93.9 Å². The van der Waals surface area contributed by atoms with Crippen LogP contribution in [0, 0.1) is 0 Å². The van der Waals surface area contributed by atoms with Crippen molar-refractivity contribution < 1.29 is 28.5 Å². The van der Waals surface area contributed by atoms with Crippen molar-refractivity contribution in [2.45, 2.75) is 19.9 Å². The van der Waals surface area contributed by atoms with E-state index in [9.17, 15) is 14.4 Å². The van der Waals surface area contributed by atoms with Crippen molar-refractivity contribution in [3.63, 3.8) is 0 Å². The van der Waals surface area contributed by atoms with Gasteiger partial charge < -0.3 is 18.9 Å².